The summed E-state index contributed by atoms with van der Waals surface area (Å²) in [5.74, 6) is -0.698. The summed E-state index contributed by atoms with van der Waals surface area (Å²) in [5.41, 5.74) is 6.59. The van der Waals surface area contributed by atoms with E-state index in [9.17, 15) is 9.59 Å². The zero-order valence-corrected chi connectivity index (χ0v) is 12.4. The lowest BCUT2D eigenvalue weighted by Crippen LogP contribution is -2.18. The number of rotatable bonds is 4. The van der Waals surface area contributed by atoms with Gasteiger partial charge in [-0.15, -0.1) is 11.3 Å². The zero-order valence-electron chi connectivity index (χ0n) is 10.0. The quantitative estimate of drug-likeness (QED) is 0.886. The zero-order chi connectivity index (χ0) is 14.0. The molecule has 0 saturated heterocycles. The van der Waals surface area contributed by atoms with Crippen LogP contribution in [-0.4, -0.2) is 21.6 Å². The monoisotopic (exact) mass is 342 g/mol. The second-order valence-corrected chi connectivity index (χ2v) is 6.28. The lowest BCUT2D eigenvalue weighted by Gasteiger charge is -1.99. The van der Waals surface area contributed by atoms with Crippen LogP contribution in [0.1, 0.15) is 15.2 Å². The molecular formula is C11H11BrN4O2S. The van der Waals surface area contributed by atoms with Crippen LogP contribution in [0.25, 0.3) is 0 Å². The van der Waals surface area contributed by atoms with Gasteiger partial charge in [0.05, 0.1) is 20.5 Å². The molecule has 2 amide bonds. The van der Waals surface area contributed by atoms with Gasteiger partial charge >= 0.3 is 0 Å². The second kappa shape index (κ2) is 5.54. The van der Waals surface area contributed by atoms with Crippen molar-refractivity contribution in [1.82, 2.24) is 9.78 Å². The molecule has 0 aromatic carbocycles. The average molecular weight is 343 g/mol. The number of nitrogens with one attached hydrogen (secondary N) is 1. The summed E-state index contributed by atoms with van der Waals surface area (Å²) < 4.78 is 2.30. The molecule has 0 spiro atoms. The van der Waals surface area contributed by atoms with E-state index in [4.69, 9.17) is 5.73 Å². The summed E-state index contributed by atoms with van der Waals surface area (Å²) in [5, 5.41) is 6.63. The fourth-order valence-electron chi connectivity index (χ4n) is 1.44. The highest BCUT2D eigenvalue weighted by atomic mass is 79.9. The topological polar surface area (TPSA) is 90.0 Å². The Kier molecular flexibility index (Phi) is 4.01. The molecule has 100 valence electrons. The lowest BCUT2D eigenvalue weighted by molar-refractivity contribution is -0.118. The third-order valence-electron chi connectivity index (χ3n) is 2.29. The first-order chi connectivity index (χ1) is 8.95. The lowest BCUT2D eigenvalue weighted by atomic mass is 10.3. The van der Waals surface area contributed by atoms with E-state index in [0.717, 1.165) is 9.35 Å². The number of carbonyl (C=O) groups excluding carboxylic acids is 2. The number of aryl methyl sites for hydroxylation is 1. The van der Waals surface area contributed by atoms with Crippen molar-refractivity contribution in [2.45, 2.75) is 13.5 Å². The average Bonchev–Trinajstić information content (AvgIpc) is 2.86. The molecule has 19 heavy (non-hydrogen) atoms. The fraction of sp³-hybridized carbons (Fsp3) is 0.182. The number of primary amides is 1. The van der Waals surface area contributed by atoms with E-state index in [-0.39, 0.29) is 12.5 Å². The molecule has 2 heterocycles. The predicted molar refractivity (Wildman–Crippen MR) is 76.1 cm³/mol. The van der Waals surface area contributed by atoms with E-state index in [0.29, 0.717) is 10.6 Å². The van der Waals surface area contributed by atoms with Crippen LogP contribution < -0.4 is 11.1 Å². The first kappa shape index (κ1) is 13.8. The van der Waals surface area contributed by atoms with Gasteiger partial charge in [-0.05, 0) is 34.5 Å². The first-order valence-corrected chi connectivity index (χ1v) is 6.94. The standard InChI is InChI=1S/C11H11BrN4O2S/c1-6-2-8(19-10(6)12)11(18)15-7-3-14-16(4-7)5-9(13)17/h2-4H,5H2,1H3,(H2,13,17)(H,15,18). The van der Waals surface area contributed by atoms with E-state index < -0.39 is 5.91 Å². The highest BCUT2D eigenvalue weighted by molar-refractivity contribution is 9.11. The molecule has 0 unspecified atom stereocenters. The van der Waals surface area contributed by atoms with Crippen molar-refractivity contribution in [3.05, 3.63) is 32.7 Å². The summed E-state index contributed by atoms with van der Waals surface area (Å²) in [6.45, 7) is 1.90. The molecule has 0 fully saturated rings. The van der Waals surface area contributed by atoms with E-state index in [2.05, 4.69) is 26.3 Å². The van der Waals surface area contributed by atoms with Gasteiger partial charge in [-0.3, -0.25) is 14.3 Å². The molecule has 0 bridgehead atoms. The summed E-state index contributed by atoms with van der Waals surface area (Å²) in [4.78, 5) is 23.3. The molecule has 2 rings (SSSR count). The smallest absolute Gasteiger partial charge is 0.265 e. The number of thiophene rings is 1. The highest BCUT2D eigenvalue weighted by Gasteiger charge is 2.12. The largest absolute Gasteiger partial charge is 0.368 e. The van der Waals surface area contributed by atoms with Gasteiger partial charge in [0, 0.05) is 6.20 Å². The Balaban J connectivity index is 2.06. The Morgan fingerprint density at radius 1 is 1.58 bits per heavy atom. The minimum absolute atomic E-state index is 0.0144. The molecule has 0 saturated carbocycles. The van der Waals surface area contributed by atoms with Crippen molar-refractivity contribution in [1.29, 1.82) is 0 Å². The molecule has 2 aromatic heterocycles. The van der Waals surface area contributed by atoms with Gasteiger partial charge in [-0.1, -0.05) is 0 Å². The molecule has 0 atom stereocenters. The highest BCUT2D eigenvalue weighted by Crippen LogP contribution is 2.27. The minimum Gasteiger partial charge on any atom is -0.368 e. The summed E-state index contributed by atoms with van der Waals surface area (Å²) >= 11 is 4.73. The number of anilines is 1. The van der Waals surface area contributed by atoms with Crippen LogP contribution in [0, 0.1) is 6.92 Å². The van der Waals surface area contributed by atoms with Crippen LogP contribution in [0.2, 0.25) is 0 Å². The fourth-order valence-corrected chi connectivity index (χ4v) is 2.87. The molecule has 3 N–H and O–H groups in total. The third-order valence-corrected chi connectivity index (χ3v) is 4.43. The number of hydrogen-bond acceptors (Lipinski definition) is 4. The molecule has 8 heteroatoms. The predicted octanol–water partition coefficient (Wildman–Crippen LogP) is 1.75. The Morgan fingerprint density at radius 2 is 2.32 bits per heavy atom. The van der Waals surface area contributed by atoms with Crippen LogP contribution in [0.5, 0.6) is 0 Å². The summed E-state index contributed by atoms with van der Waals surface area (Å²) in [7, 11) is 0. The maximum Gasteiger partial charge on any atom is 0.265 e. The van der Waals surface area contributed by atoms with Gasteiger partial charge in [-0.2, -0.15) is 5.10 Å². The van der Waals surface area contributed by atoms with Crippen molar-refractivity contribution < 1.29 is 9.59 Å². The molecule has 0 aliphatic heterocycles. The van der Waals surface area contributed by atoms with Gasteiger partial charge in [0.1, 0.15) is 6.54 Å². The number of hydrogen-bond donors (Lipinski definition) is 2. The second-order valence-electron chi connectivity index (χ2n) is 3.91. The normalized spacial score (nSPS) is 10.4. The van der Waals surface area contributed by atoms with Gasteiger partial charge in [0.15, 0.2) is 0 Å². The van der Waals surface area contributed by atoms with Crippen LogP contribution >= 0.6 is 27.3 Å². The van der Waals surface area contributed by atoms with Gasteiger partial charge in [0.25, 0.3) is 5.91 Å². The SMILES string of the molecule is Cc1cc(C(=O)Nc2cnn(CC(N)=O)c2)sc1Br. The third kappa shape index (κ3) is 3.42. The van der Waals surface area contributed by atoms with E-state index in [1.165, 1.54) is 22.2 Å². The van der Waals surface area contributed by atoms with E-state index >= 15 is 0 Å². The van der Waals surface area contributed by atoms with Gasteiger partial charge in [0.2, 0.25) is 5.91 Å². The van der Waals surface area contributed by atoms with Crippen molar-refractivity contribution in [2.24, 2.45) is 5.73 Å². The molecule has 0 radical (unpaired) electrons. The Hall–Kier alpha value is -1.67. The van der Waals surface area contributed by atoms with Crippen molar-refractivity contribution in [3.8, 4) is 0 Å². The van der Waals surface area contributed by atoms with Crippen LogP contribution in [-0.2, 0) is 11.3 Å². The molecule has 6 nitrogen and oxygen atoms in total. The number of halogens is 1. The number of nitrogens with zero attached hydrogens (tertiary/aromatic N) is 2. The Labute approximate surface area is 121 Å². The summed E-state index contributed by atoms with van der Waals surface area (Å²) in [6, 6.07) is 1.80. The molecular weight excluding hydrogens is 332 g/mol. The first-order valence-electron chi connectivity index (χ1n) is 5.34. The van der Waals surface area contributed by atoms with Crippen LogP contribution in [0.15, 0.2) is 22.2 Å². The number of amides is 2. The number of aromatic nitrogens is 2. The number of carbonyl (C=O) groups is 2. The molecule has 2 aromatic rings. The maximum atomic E-state index is 12.0. The van der Waals surface area contributed by atoms with E-state index in [1.807, 2.05) is 6.92 Å². The van der Waals surface area contributed by atoms with Crippen molar-refractivity contribution >= 4 is 44.8 Å². The van der Waals surface area contributed by atoms with Gasteiger partial charge < -0.3 is 11.1 Å². The van der Waals surface area contributed by atoms with E-state index in [1.54, 1.807) is 12.3 Å². The Bertz CT molecular complexity index is 615. The van der Waals surface area contributed by atoms with Crippen molar-refractivity contribution in [2.75, 3.05) is 5.32 Å². The van der Waals surface area contributed by atoms with Crippen LogP contribution in [0.4, 0.5) is 5.69 Å². The van der Waals surface area contributed by atoms with Crippen LogP contribution in [0.3, 0.4) is 0 Å². The van der Waals surface area contributed by atoms with Gasteiger partial charge in [-0.25, -0.2) is 0 Å². The maximum absolute atomic E-state index is 12.0. The molecule has 0 aliphatic rings. The Morgan fingerprint density at radius 3 is 2.89 bits per heavy atom. The summed E-state index contributed by atoms with van der Waals surface area (Å²) in [6.07, 6.45) is 3.02. The number of nitrogens with two attached hydrogens (primary N) is 1. The van der Waals surface area contributed by atoms with Crippen molar-refractivity contribution in [3.63, 3.8) is 0 Å². The minimum atomic E-state index is -0.487. The molecule has 0 aliphatic carbocycles.